The topological polar surface area (TPSA) is 45.5 Å². The van der Waals surface area contributed by atoms with Gasteiger partial charge in [-0.05, 0) is 93.2 Å². The molecule has 0 bridgehead atoms. The van der Waals surface area contributed by atoms with Gasteiger partial charge in [-0.3, -0.25) is 4.99 Å². The SMILES string of the molecule is c1ccc(Nc2cc3nc4ccccc4n(-c4ccccc4)c-3cc2=NC[C@H]2CCCN3CCCC[C@H]23)cc1. The van der Waals surface area contributed by atoms with E-state index in [1.165, 1.54) is 45.2 Å². The zero-order valence-electron chi connectivity index (χ0n) is 22.3. The summed E-state index contributed by atoms with van der Waals surface area (Å²) in [6, 6.07) is 34.5. The van der Waals surface area contributed by atoms with Gasteiger partial charge in [-0.15, -0.1) is 0 Å². The van der Waals surface area contributed by atoms with E-state index in [2.05, 4.69) is 106 Å². The molecule has 196 valence electrons. The van der Waals surface area contributed by atoms with Crippen LogP contribution in [0.2, 0.25) is 0 Å². The van der Waals surface area contributed by atoms with E-state index in [1.54, 1.807) is 0 Å². The fourth-order valence-electron chi connectivity index (χ4n) is 6.61. The number of benzene rings is 4. The molecule has 0 spiro atoms. The maximum atomic E-state index is 5.35. The lowest BCUT2D eigenvalue weighted by Gasteiger charge is -2.44. The summed E-state index contributed by atoms with van der Waals surface area (Å²) >= 11 is 0. The monoisotopic (exact) mass is 513 g/mol. The van der Waals surface area contributed by atoms with E-state index in [-0.39, 0.29) is 0 Å². The summed E-state index contributed by atoms with van der Waals surface area (Å²) in [6.45, 7) is 3.38. The molecule has 0 aromatic heterocycles. The van der Waals surface area contributed by atoms with Crippen molar-refractivity contribution in [1.29, 1.82) is 0 Å². The van der Waals surface area contributed by atoms with Crippen LogP contribution in [0.4, 0.5) is 11.4 Å². The van der Waals surface area contributed by atoms with Gasteiger partial charge in [-0.25, -0.2) is 4.98 Å². The summed E-state index contributed by atoms with van der Waals surface area (Å²) in [5.74, 6) is 0.621. The fraction of sp³-hybridized carbons (Fsp3) is 0.294. The lowest BCUT2D eigenvalue weighted by atomic mass is 9.83. The van der Waals surface area contributed by atoms with Crippen LogP contribution < -0.4 is 10.7 Å². The number of aromatic nitrogens is 2. The predicted molar refractivity (Wildman–Crippen MR) is 160 cm³/mol. The Labute approximate surface area is 230 Å². The fourth-order valence-corrected chi connectivity index (χ4v) is 6.61. The second-order valence-corrected chi connectivity index (χ2v) is 11.0. The molecular weight excluding hydrogens is 478 g/mol. The van der Waals surface area contributed by atoms with Gasteiger partial charge < -0.3 is 14.8 Å². The molecule has 5 nitrogen and oxygen atoms in total. The van der Waals surface area contributed by atoms with Crippen molar-refractivity contribution in [2.75, 3.05) is 25.0 Å². The Morgan fingerprint density at radius 2 is 1.56 bits per heavy atom. The smallest absolute Gasteiger partial charge is 0.0900 e. The number of nitrogens with one attached hydrogen (secondary N) is 1. The van der Waals surface area contributed by atoms with Crippen LogP contribution in [-0.4, -0.2) is 40.1 Å². The highest BCUT2D eigenvalue weighted by molar-refractivity contribution is 5.84. The van der Waals surface area contributed by atoms with Crippen LogP contribution in [0.25, 0.3) is 28.1 Å². The van der Waals surface area contributed by atoms with Gasteiger partial charge in [0, 0.05) is 24.0 Å². The second kappa shape index (κ2) is 10.7. The number of rotatable bonds is 5. The summed E-state index contributed by atoms with van der Waals surface area (Å²) in [5, 5.41) is 4.66. The molecule has 4 aliphatic rings. The zero-order chi connectivity index (χ0) is 26.0. The molecule has 2 fully saturated rings. The Morgan fingerprint density at radius 1 is 0.795 bits per heavy atom. The summed E-state index contributed by atoms with van der Waals surface area (Å²) < 4.78 is 2.33. The quantitative estimate of drug-likeness (QED) is 0.256. The molecule has 0 amide bonds. The van der Waals surface area contributed by atoms with Crippen LogP contribution in [0.5, 0.6) is 0 Å². The van der Waals surface area contributed by atoms with Crippen LogP contribution >= 0.6 is 0 Å². The maximum absolute atomic E-state index is 5.35. The Kier molecular flexibility index (Phi) is 6.59. The van der Waals surface area contributed by atoms with Gasteiger partial charge in [0.15, 0.2) is 0 Å². The molecule has 2 saturated heterocycles. The number of hydrogen-bond acceptors (Lipinski definition) is 4. The predicted octanol–water partition coefficient (Wildman–Crippen LogP) is 7.04. The van der Waals surface area contributed by atoms with E-state index in [0.29, 0.717) is 12.0 Å². The molecule has 0 unspecified atom stereocenters. The van der Waals surface area contributed by atoms with Gasteiger partial charge in [0.05, 0.1) is 33.5 Å². The summed E-state index contributed by atoms with van der Waals surface area (Å²) in [6.07, 6.45) is 6.57. The first-order valence-corrected chi connectivity index (χ1v) is 14.4. The van der Waals surface area contributed by atoms with E-state index < -0.39 is 0 Å². The average molecular weight is 514 g/mol. The number of anilines is 2. The van der Waals surface area contributed by atoms with Gasteiger partial charge in [0.1, 0.15) is 0 Å². The second-order valence-electron chi connectivity index (χ2n) is 11.0. The third-order valence-electron chi connectivity index (χ3n) is 8.49. The van der Waals surface area contributed by atoms with Crippen LogP contribution in [0.3, 0.4) is 0 Å². The van der Waals surface area contributed by atoms with E-state index in [0.717, 1.165) is 51.4 Å². The van der Waals surface area contributed by atoms with Crippen LogP contribution in [0.15, 0.2) is 102 Å². The first kappa shape index (κ1) is 24.1. The Hall–Kier alpha value is -3.96. The standard InChI is InChI=1S/C34H35N5/c1-3-13-26(14-4-1)36-30-22-31-34(23-29(30)35-24-25-12-11-21-38-20-10-9-18-32(25)38)39(27-15-5-2-6-16-27)33-19-8-7-17-28(33)37-31/h1-8,13-17,19,22-23,25,32,36H,9-12,18,20-21,24H2/t25-,32-/m1/s1. The van der Waals surface area contributed by atoms with E-state index in [1.807, 2.05) is 6.07 Å². The van der Waals surface area contributed by atoms with Crippen molar-refractivity contribution in [2.45, 2.75) is 38.1 Å². The largest absolute Gasteiger partial charge is 0.354 e. The number of hydrogen-bond donors (Lipinski definition) is 1. The molecule has 3 aromatic rings. The highest BCUT2D eigenvalue weighted by atomic mass is 15.2. The van der Waals surface area contributed by atoms with Crippen LogP contribution in [0, 0.1) is 5.92 Å². The third-order valence-corrected chi connectivity index (χ3v) is 8.49. The third kappa shape index (κ3) is 4.83. The summed E-state index contributed by atoms with van der Waals surface area (Å²) in [5.41, 5.74) is 7.28. The van der Waals surface area contributed by atoms with Crippen molar-refractivity contribution in [1.82, 2.24) is 14.5 Å². The van der Waals surface area contributed by atoms with Gasteiger partial charge >= 0.3 is 0 Å². The molecule has 1 aliphatic carbocycles. The Morgan fingerprint density at radius 3 is 2.44 bits per heavy atom. The summed E-state index contributed by atoms with van der Waals surface area (Å²) in [4.78, 5) is 13.2. The molecular formula is C34H35N5. The van der Waals surface area contributed by atoms with Crippen molar-refractivity contribution in [3.05, 3.63) is 102 Å². The van der Waals surface area contributed by atoms with Crippen LogP contribution in [0.1, 0.15) is 32.1 Å². The molecule has 3 heterocycles. The molecule has 5 heteroatoms. The first-order valence-electron chi connectivity index (χ1n) is 14.4. The van der Waals surface area contributed by atoms with Crippen molar-refractivity contribution in [3.63, 3.8) is 0 Å². The van der Waals surface area contributed by atoms with Crippen LogP contribution in [-0.2, 0) is 0 Å². The Balaban J connectivity index is 1.39. The number of nitrogens with zero attached hydrogens (tertiary/aromatic N) is 4. The molecule has 2 atom stereocenters. The Bertz CT molecular complexity index is 1610. The molecule has 39 heavy (non-hydrogen) atoms. The molecule has 7 rings (SSSR count). The normalized spacial score (nSPS) is 20.3. The molecule has 3 aliphatic heterocycles. The first-order chi connectivity index (χ1) is 19.3. The van der Waals surface area contributed by atoms with E-state index in [4.69, 9.17) is 9.98 Å². The highest BCUT2D eigenvalue weighted by Crippen LogP contribution is 2.32. The summed E-state index contributed by atoms with van der Waals surface area (Å²) in [7, 11) is 0. The minimum absolute atomic E-state index is 0.621. The number of fused-ring (bicyclic) bond motifs is 3. The van der Waals surface area contributed by atoms with Gasteiger partial charge in [-0.2, -0.15) is 0 Å². The van der Waals surface area contributed by atoms with Crippen molar-refractivity contribution in [2.24, 2.45) is 10.9 Å². The molecule has 3 aromatic carbocycles. The van der Waals surface area contributed by atoms with Gasteiger partial charge in [0.25, 0.3) is 0 Å². The van der Waals surface area contributed by atoms with E-state index >= 15 is 0 Å². The lowest BCUT2D eigenvalue weighted by Crippen LogP contribution is -2.48. The van der Waals surface area contributed by atoms with Gasteiger partial charge in [0.2, 0.25) is 0 Å². The minimum atomic E-state index is 0.621. The van der Waals surface area contributed by atoms with Crippen molar-refractivity contribution >= 4 is 22.4 Å². The molecule has 0 radical (unpaired) electrons. The maximum Gasteiger partial charge on any atom is 0.0900 e. The van der Waals surface area contributed by atoms with E-state index in [9.17, 15) is 0 Å². The van der Waals surface area contributed by atoms with Gasteiger partial charge in [-0.1, -0.05) is 55.0 Å². The molecule has 0 saturated carbocycles. The average Bonchev–Trinajstić information content (AvgIpc) is 3.00. The lowest BCUT2D eigenvalue weighted by molar-refractivity contribution is 0.0631. The highest BCUT2D eigenvalue weighted by Gasteiger charge is 2.32. The number of piperidine rings is 2. The minimum Gasteiger partial charge on any atom is -0.354 e. The number of para-hydroxylation sites is 4. The van der Waals surface area contributed by atoms with Crippen molar-refractivity contribution in [3.8, 4) is 17.1 Å². The molecule has 1 N–H and O–H groups in total. The van der Waals surface area contributed by atoms with Crippen molar-refractivity contribution < 1.29 is 0 Å². The zero-order valence-corrected chi connectivity index (χ0v) is 22.3.